The van der Waals surface area contributed by atoms with Crippen molar-refractivity contribution in [1.29, 1.82) is 0 Å². The second-order valence-corrected chi connectivity index (χ2v) is 6.11. The maximum Gasteiger partial charge on any atom is 0.343 e. The molecule has 5 heteroatoms. The molecule has 3 rings (SSSR count). The topological polar surface area (TPSA) is 72.8 Å². The summed E-state index contributed by atoms with van der Waals surface area (Å²) in [6.45, 7) is 3.82. The number of carbonyl (C=O) groups excluding carboxylic acids is 2. The van der Waals surface area contributed by atoms with Crippen molar-refractivity contribution >= 4 is 11.9 Å². The minimum atomic E-state index is -0.618. The van der Waals surface area contributed by atoms with Crippen LogP contribution < -0.4 is 9.47 Å². The van der Waals surface area contributed by atoms with Crippen molar-refractivity contribution in [1.82, 2.24) is 0 Å². The van der Waals surface area contributed by atoms with Crippen LogP contribution in [0.2, 0.25) is 0 Å². The van der Waals surface area contributed by atoms with Crippen LogP contribution in [0.3, 0.4) is 0 Å². The zero-order valence-electron chi connectivity index (χ0n) is 14.9. The molecule has 0 fully saturated rings. The van der Waals surface area contributed by atoms with Crippen LogP contribution in [0.15, 0.2) is 66.7 Å². The highest BCUT2D eigenvalue weighted by Crippen LogP contribution is 2.36. The molecular weight excluding hydrogens is 344 g/mol. The van der Waals surface area contributed by atoms with Crippen LogP contribution >= 0.6 is 0 Å². The van der Waals surface area contributed by atoms with Crippen LogP contribution in [0.4, 0.5) is 0 Å². The van der Waals surface area contributed by atoms with Gasteiger partial charge in [-0.3, -0.25) is 0 Å². The van der Waals surface area contributed by atoms with Gasteiger partial charge in [0.25, 0.3) is 0 Å². The van der Waals surface area contributed by atoms with Crippen molar-refractivity contribution in [3.63, 3.8) is 0 Å². The Morgan fingerprint density at radius 2 is 1.04 bits per heavy atom. The minimum Gasteiger partial charge on any atom is -0.502 e. The number of benzene rings is 3. The predicted octanol–water partition coefficient (Wildman–Crippen LogP) is 4.45. The summed E-state index contributed by atoms with van der Waals surface area (Å²) in [4.78, 5) is 24.4. The first-order valence-electron chi connectivity index (χ1n) is 8.34. The fourth-order valence-electron chi connectivity index (χ4n) is 2.36. The molecule has 0 atom stereocenters. The van der Waals surface area contributed by atoms with Crippen molar-refractivity contribution in [3.8, 4) is 17.2 Å². The maximum atomic E-state index is 12.2. The molecule has 0 unspecified atom stereocenters. The zero-order valence-corrected chi connectivity index (χ0v) is 14.9. The molecule has 3 aromatic rings. The van der Waals surface area contributed by atoms with Crippen molar-refractivity contribution in [2.45, 2.75) is 13.8 Å². The number of carbonyl (C=O) groups is 2. The summed E-state index contributed by atoms with van der Waals surface area (Å²) in [7, 11) is 0. The molecule has 3 aromatic carbocycles. The number of hydrogen-bond donors (Lipinski definition) is 1. The van der Waals surface area contributed by atoms with Crippen LogP contribution in [0, 0.1) is 13.8 Å². The SMILES string of the molecule is Cc1ccc(C(=O)Oc2cccc(OC(=O)c3ccc(C)cc3)c2O)cc1. The van der Waals surface area contributed by atoms with E-state index in [9.17, 15) is 14.7 Å². The van der Waals surface area contributed by atoms with E-state index >= 15 is 0 Å². The average molecular weight is 362 g/mol. The van der Waals surface area contributed by atoms with Gasteiger partial charge in [-0.15, -0.1) is 0 Å². The van der Waals surface area contributed by atoms with E-state index in [0.29, 0.717) is 11.1 Å². The maximum absolute atomic E-state index is 12.2. The quantitative estimate of drug-likeness (QED) is 0.548. The third-order valence-corrected chi connectivity index (χ3v) is 3.94. The summed E-state index contributed by atoms with van der Waals surface area (Å²) in [6.07, 6.45) is 0. The van der Waals surface area contributed by atoms with Crippen LogP contribution in [0.1, 0.15) is 31.8 Å². The normalized spacial score (nSPS) is 10.3. The standard InChI is InChI=1S/C22H18O5/c1-14-6-10-16(11-7-14)21(24)26-18-4-3-5-19(20(18)23)27-22(25)17-12-8-15(2)9-13-17/h3-13,23H,1-2H3. The molecule has 5 nitrogen and oxygen atoms in total. The number of phenolic OH excluding ortho intramolecular Hbond substituents is 1. The summed E-state index contributed by atoms with van der Waals surface area (Å²) in [5.41, 5.74) is 2.72. The highest BCUT2D eigenvalue weighted by atomic mass is 16.6. The second-order valence-electron chi connectivity index (χ2n) is 6.11. The van der Waals surface area contributed by atoms with Gasteiger partial charge in [0, 0.05) is 0 Å². The molecule has 0 aliphatic heterocycles. The third kappa shape index (κ3) is 4.33. The minimum absolute atomic E-state index is 0.0882. The van der Waals surface area contributed by atoms with Gasteiger partial charge in [0.15, 0.2) is 11.5 Å². The fourth-order valence-corrected chi connectivity index (χ4v) is 2.36. The summed E-state index contributed by atoms with van der Waals surface area (Å²) >= 11 is 0. The van der Waals surface area contributed by atoms with Gasteiger partial charge in [-0.2, -0.15) is 0 Å². The highest BCUT2D eigenvalue weighted by Gasteiger charge is 2.17. The van der Waals surface area contributed by atoms with Crippen LogP contribution in [0.25, 0.3) is 0 Å². The van der Waals surface area contributed by atoms with Crippen molar-refractivity contribution in [2.75, 3.05) is 0 Å². The van der Waals surface area contributed by atoms with E-state index in [-0.39, 0.29) is 11.5 Å². The van der Waals surface area contributed by atoms with Gasteiger partial charge < -0.3 is 14.6 Å². The molecule has 0 radical (unpaired) electrons. The largest absolute Gasteiger partial charge is 0.502 e. The van der Waals surface area contributed by atoms with E-state index in [1.807, 2.05) is 13.8 Å². The van der Waals surface area contributed by atoms with Crippen molar-refractivity contribution in [3.05, 3.63) is 89.0 Å². The Labute approximate surface area is 156 Å². The monoisotopic (exact) mass is 362 g/mol. The molecule has 0 saturated heterocycles. The Balaban J connectivity index is 1.77. The van der Waals surface area contributed by atoms with Gasteiger partial charge >= 0.3 is 11.9 Å². The summed E-state index contributed by atoms with van der Waals surface area (Å²) in [5.74, 6) is -1.83. The van der Waals surface area contributed by atoms with Gasteiger partial charge in [-0.1, -0.05) is 41.5 Å². The van der Waals surface area contributed by atoms with Crippen molar-refractivity contribution < 1.29 is 24.2 Å². The molecule has 27 heavy (non-hydrogen) atoms. The van der Waals surface area contributed by atoms with E-state index in [1.54, 1.807) is 48.5 Å². The Morgan fingerprint density at radius 3 is 1.41 bits per heavy atom. The molecule has 0 aliphatic carbocycles. The van der Waals surface area contributed by atoms with E-state index in [0.717, 1.165) is 11.1 Å². The van der Waals surface area contributed by atoms with E-state index in [2.05, 4.69) is 0 Å². The van der Waals surface area contributed by atoms with Crippen LogP contribution in [-0.2, 0) is 0 Å². The molecule has 0 heterocycles. The smallest absolute Gasteiger partial charge is 0.343 e. The Morgan fingerprint density at radius 1 is 0.667 bits per heavy atom. The van der Waals surface area contributed by atoms with Gasteiger partial charge in [0.2, 0.25) is 5.75 Å². The molecule has 0 saturated carbocycles. The Kier molecular flexibility index (Phi) is 5.22. The lowest BCUT2D eigenvalue weighted by atomic mass is 10.1. The summed E-state index contributed by atoms with van der Waals surface area (Å²) in [5, 5.41) is 10.3. The van der Waals surface area contributed by atoms with Gasteiger partial charge in [-0.05, 0) is 50.2 Å². The number of rotatable bonds is 4. The van der Waals surface area contributed by atoms with Crippen LogP contribution in [0.5, 0.6) is 17.2 Å². The summed E-state index contributed by atoms with van der Waals surface area (Å²) in [6, 6.07) is 18.1. The van der Waals surface area contributed by atoms with Gasteiger partial charge in [-0.25, -0.2) is 9.59 Å². The number of aromatic hydroxyl groups is 1. The molecule has 0 aromatic heterocycles. The highest BCUT2D eigenvalue weighted by molar-refractivity contribution is 5.92. The number of ether oxygens (including phenoxy) is 2. The van der Waals surface area contributed by atoms with E-state index in [1.165, 1.54) is 18.2 Å². The lowest BCUT2D eigenvalue weighted by molar-refractivity contribution is 0.0722. The van der Waals surface area contributed by atoms with Gasteiger partial charge in [0.1, 0.15) is 0 Å². The summed E-state index contributed by atoms with van der Waals surface area (Å²) < 4.78 is 10.5. The van der Waals surface area contributed by atoms with E-state index in [4.69, 9.17) is 9.47 Å². The molecule has 136 valence electrons. The van der Waals surface area contributed by atoms with E-state index < -0.39 is 17.7 Å². The molecule has 0 spiro atoms. The predicted molar refractivity (Wildman–Crippen MR) is 100 cm³/mol. The number of para-hydroxylation sites is 1. The first kappa shape index (κ1) is 18.2. The molecular formula is C22H18O5. The van der Waals surface area contributed by atoms with Crippen LogP contribution in [-0.4, -0.2) is 17.0 Å². The number of esters is 2. The third-order valence-electron chi connectivity index (χ3n) is 3.94. The lowest BCUT2D eigenvalue weighted by Gasteiger charge is -2.10. The first-order chi connectivity index (χ1) is 12.9. The first-order valence-corrected chi connectivity index (χ1v) is 8.34. The number of phenols is 1. The Hall–Kier alpha value is -3.60. The molecule has 0 amide bonds. The Bertz CT molecular complexity index is 895. The lowest BCUT2D eigenvalue weighted by Crippen LogP contribution is -2.10. The zero-order chi connectivity index (χ0) is 19.4. The average Bonchev–Trinajstić information content (AvgIpc) is 2.66. The molecule has 0 bridgehead atoms. The number of hydrogen-bond acceptors (Lipinski definition) is 5. The molecule has 0 aliphatic rings. The second kappa shape index (κ2) is 7.74. The number of aryl methyl sites for hydroxylation is 2. The fraction of sp³-hybridized carbons (Fsp3) is 0.0909. The van der Waals surface area contributed by atoms with Gasteiger partial charge in [0.05, 0.1) is 11.1 Å². The molecule has 1 N–H and O–H groups in total. The van der Waals surface area contributed by atoms with Crippen molar-refractivity contribution in [2.24, 2.45) is 0 Å².